The normalized spacial score (nSPS) is 10.7. The van der Waals surface area contributed by atoms with Crippen LogP contribution in [0.15, 0.2) is 46.3 Å². The number of thiophene rings is 1. The summed E-state index contributed by atoms with van der Waals surface area (Å²) in [5.41, 5.74) is 1.72. The summed E-state index contributed by atoms with van der Waals surface area (Å²) in [4.78, 5) is 17.6. The van der Waals surface area contributed by atoms with E-state index in [1.165, 1.54) is 11.3 Å². The minimum Gasteiger partial charge on any atom is -0.481 e. The highest BCUT2D eigenvalue weighted by atomic mass is 79.9. The van der Waals surface area contributed by atoms with Gasteiger partial charge in [-0.1, -0.05) is 30.3 Å². The molecule has 0 aliphatic heterocycles. The van der Waals surface area contributed by atoms with Gasteiger partial charge >= 0.3 is 5.97 Å². The van der Waals surface area contributed by atoms with Gasteiger partial charge in [0, 0.05) is 20.3 Å². The Labute approximate surface area is 138 Å². The standard InChI is InChI=1S/C15H10BrNO2S2/c16-10-6-12(20-8-10)15-17-14(9-4-2-1-3-5-9)11(21-15)7-13(18)19/h1-6,8H,7H2,(H,18,19). The van der Waals surface area contributed by atoms with Crippen molar-refractivity contribution >= 4 is 44.6 Å². The Balaban J connectivity index is 2.09. The minimum absolute atomic E-state index is 0.00552. The monoisotopic (exact) mass is 379 g/mol. The molecule has 1 N–H and O–H groups in total. The highest BCUT2D eigenvalue weighted by Gasteiger charge is 2.17. The molecule has 3 rings (SSSR count). The van der Waals surface area contributed by atoms with Crippen LogP contribution in [0.25, 0.3) is 21.1 Å². The first-order chi connectivity index (χ1) is 10.1. The molecule has 6 heteroatoms. The average Bonchev–Trinajstić information content (AvgIpc) is 3.06. The Morgan fingerprint density at radius 3 is 2.67 bits per heavy atom. The third-order valence-corrected chi connectivity index (χ3v) is 5.75. The molecule has 0 aliphatic rings. The number of benzene rings is 1. The summed E-state index contributed by atoms with van der Waals surface area (Å²) in [5.74, 6) is -0.838. The third-order valence-electron chi connectivity index (χ3n) is 2.83. The van der Waals surface area contributed by atoms with Crippen LogP contribution < -0.4 is 0 Å². The van der Waals surface area contributed by atoms with Gasteiger partial charge in [0.15, 0.2) is 0 Å². The topological polar surface area (TPSA) is 50.2 Å². The van der Waals surface area contributed by atoms with Crippen LogP contribution in [0.2, 0.25) is 0 Å². The summed E-state index contributed by atoms with van der Waals surface area (Å²) < 4.78 is 1.01. The molecule has 0 radical (unpaired) electrons. The van der Waals surface area contributed by atoms with Crippen LogP contribution in [-0.2, 0) is 11.2 Å². The first kappa shape index (κ1) is 14.4. The molecule has 3 aromatic rings. The van der Waals surface area contributed by atoms with Gasteiger partial charge in [0.1, 0.15) is 5.01 Å². The van der Waals surface area contributed by atoms with Gasteiger partial charge in [-0.05, 0) is 22.0 Å². The molecule has 0 saturated carbocycles. The summed E-state index contributed by atoms with van der Waals surface area (Å²) in [6, 6.07) is 11.7. The molecule has 0 spiro atoms. The molecule has 2 heterocycles. The van der Waals surface area contributed by atoms with Gasteiger partial charge in [-0.15, -0.1) is 22.7 Å². The van der Waals surface area contributed by atoms with Crippen LogP contribution >= 0.6 is 38.6 Å². The van der Waals surface area contributed by atoms with E-state index in [1.54, 1.807) is 11.3 Å². The van der Waals surface area contributed by atoms with Crippen molar-refractivity contribution in [1.82, 2.24) is 4.98 Å². The van der Waals surface area contributed by atoms with Gasteiger partial charge in [0.25, 0.3) is 0 Å². The number of aromatic nitrogens is 1. The van der Waals surface area contributed by atoms with Crippen molar-refractivity contribution in [3.8, 4) is 21.1 Å². The van der Waals surface area contributed by atoms with E-state index in [4.69, 9.17) is 5.11 Å². The van der Waals surface area contributed by atoms with E-state index in [0.29, 0.717) is 0 Å². The molecule has 106 valence electrons. The molecule has 0 unspecified atom stereocenters. The van der Waals surface area contributed by atoms with Crippen molar-refractivity contribution in [2.45, 2.75) is 6.42 Å². The van der Waals surface area contributed by atoms with Crippen LogP contribution in [0.4, 0.5) is 0 Å². The quantitative estimate of drug-likeness (QED) is 0.698. The molecule has 0 aliphatic carbocycles. The molecule has 3 nitrogen and oxygen atoms in total. The molecular formula is C15H10BrNO2S2. The van der Waals surface area contributed by atoms with Crippen LogP contribution in [0.3, 0.4) is 0 Å². The van der Waals surface area contributed by atoms with Crippen molar-refractivity contribution in [2.24, 2.45) is 0 Å². The Morgan fingerprint density at radius 1 is 1.29 bits per heavy atom. The first-order valence-corrected chi connectivity index (χ1v) is 8.63. The molecule has 0 saturated heterocycles. The number of halogens is 1. The zero-order chi connectivity index (χ0) is 14.8. The lowest BCUT2D eigenvalue weighted by molar-refractivity contribution is -0.136. The number of aliphatic carboxylic acids is 1. The molecule has 0 amide bonds. The predicted molar refractivity (Wildman–Crippen MR) is 89.9 cm³/mol. The van der Waals surface area contributed by atoms with E-state index in [9.17, 15) is 4.79 Å². The van der Waals surface area contributed by atoms with E-state index in [1.807, 2.05) is 41.8 Å². The van der Waals surface area contributed by atoms with Crippen LogP contribution in [-0.4, -0.2) is 16.1 Å². The molecule has 0 bridgehead atoms. The highest BCUT2D eigenvalue weighted by Crippen LogP contribution is 2.37. The lowest BCUT2D eigenvalue weighted by Crippen LogP contribution is -1.99. The molecular weight excluding hydrogens is 370 g/mol. The van der Waals surface area contributed by atoms with Crippen molar-refractivity contribution in [1.29, 1.82) is 0 Å². The van der Waals surface area contributed by atoms with Crippen molar-refractivity contribution in [2.75, 3.05) is 0 Å². The fraction of sp³-hybridized carbons (Fsp3) is 0.0667. The minimum atomic E-state index is -0.838. The number of rotatable bonds is 4. The van der Waals surface area contributed by atoms with Gasteiger partial charge in [0.2, 0.25) is 0 Å². The summed E-state index contributed by atoms with van der Waals surface area (Å²) >= 11 is 6.47. The van der Waals surface area contributed by atoms with Gasteiger partial charge in [-0.2, -0.15) is 0 Å². The maximum atomic E-state index is 11.1. The van der Waals surface area contributed by atoms with Crippen LogP contribution in [0.5, 0.6) is 0 Å². The average molecular weight is 380 g/mol. The van der Waals surface area contributed by atoms with Crippen molar-refractivity contribution < 1.29 is 9.90 Å². The van der Waals surface area contributed by atoms with E-state index in [2.05, 4.69) is 20.9 Å². The smallest absolute Gasteiger partial charge is 0.308 e. The third kappa shape index (κ3) is 3.23. The Morgan fingerprint density at radius 2 is 2.05 bits per heavy atom. The van der Waals surface area contributed by atoms with E-state index >= 15 is 0 Å². The Bertz CT molecular complexity index is 780. The Kier molecular flexibility index (Phi) is 4.19. The van der Waals surface area contributed by atoms with Gasteiger partial charge in [-0.3, -0.25) is 4.79 Å². The lowest BCUT2D eigenvalue weighted by Gasteiger charge is -1.99. The van der Waals surface area contributed by atoms with Gasteiger partial charge in [0.05, 0.1) is 17.0 Å². The number of thiazole rings is 1. The molecule has 0 atom stereocenters. The molecule has 2 aromatic heterocycles. The number of carboxylic acid groups (broad SMARTS) is 1. The number of hydrogen-bond donors (Lipinski definition) is 1. The maximum Gasteiger partial charge on any atom is 0.308 e. The predicted octanol–water partition coefficient (Wildman–Crippen LogP) is 4.93. The Hall–Kier alpha value is -1.50. The molecule has 0 fully saturated rings. The maximum absolute atomic E-state index is 11.1. The fourth-order valence-electron chi connectivity index (χ4n) is 1.96. The second-order valence-electron chi connectivity index (χ2n) is 4.36. The van der Waals surface area contributed by atoms with Crippen LogP contribution in [0, 0.1) is 0 Å². The second-order valence-corrected chi connectivity index (χ2v) is 7.27. The van der Waals surface area contributed by atoms with Gasteiger partial charge in [-0.25, -0.2) is 4.98 Å². The molecule has 1 aromatic carbocycles. The summed E-state index contributed by atoms with van der Waals surface area (Å²) in [5, 5.41) is 12.0. The van der Waals surface area contributed by atoms with Crippen molar-refractivity contribution in [3.05, 3.63) is 51.1 Å². The first-order valence-electron chi connectivity index (χ1n) is 6.15. The fourth-order valence-corrected chi connectivity index (χ4v) is 4.53. The van der Waals surface area contributed by atoms with Gasteiger partial charge < -0.3 is 5.11 Å². The second kappa shape index (κ2) is 6.09. The van der Waals surface area contributed by atoms with E-state index < -0.39 is 5.97 Å². The summed E-state index contributed by atoms with van der Waals surface area (Å²) in [6.07, 6.45) is -0.00552. The molecule has 21 heavy (non-hydrogen) atoms. The number of nitrogens with zero attached hydrogens (tertiary/aromatic N) is 1. The zero-order valence-corrected chi connectivity index (χ0v) is 14.0. The lowest BCUT2D eigenvalue weighted by atomic mass is 10.1. The SMILES string of the molecule is O=C(O)Cc1sc(-c2cc(Br)cs2)nc1-c1ccccc1. The highest BCUT2D eigenvalue weighted by molar-refractivity contribution is 9.10. The number of carbonyl (C=O) groups is 1. The number of carboxylic acids is 1. The largest absolute Gasteiger partial charge is 0.481 e. The van der Waals surface area contributed by atoms with E-state index in [-0.39, 0.29) is 6.42 Å². The number of hydrogen-bond acceptors (Lipinski definition) is 4. The summed E-state index contributed by atoms with van der Waals surface area (Å²) in [7, 11) is 0. The van der Waals surface area contributed by atoms with E-state index in [0.717, 1.165) is 30.5 Å². The zero-order valence-electron chi connectivity index (χ0n) is 10.7. The summed E-state index contributed by atoms with van der Waals surface area (Å²) in [6.45, 7) is 0. The van der Waals surface area contributed by atoms with Crippen LogP contribution in [0.1, 0.15) is 4.88 Å². The van der Waals surface area contributed by atoms with Crippen molar-refractivity contribution in [3.63, 3.8) is 0 Å².